The van der Waals surface area contributed by atoms with Gasteiger partial charge in [0.1, 0.15) is 0 Å². The molecule has 0 fully saturated rings. The van der Waals surface area contributed by atoms with Gasteiger partial charge in [-0.2, -0.15) is 0 Å². The Kier molecular flexibility index (Phi) is 4.84. The minimum atomic E-state index is -0.199. The molecule has 5 heteroatoms. The van der Waals surface area contributed by atoms with E-state index in [4.69, 9.17) is 15.2 Å². The topological polar surface area (TPSA) is 73.6 Å². The van der Waals surface area contributed by atoms with E-state index in [1.165, 1.54) is 0 Å². The number of hydrogen-bond acceptors (Lipinski definition) is 4. The fourth-order valence-corrected chi connectivity index (χ4v) is 1.91. The van der Waals surface area contributed by atoms with Crippen LogP contribution < -0.4 is 20.5 Å². The molecular weight excluding hydrogens is 256 g/mol. The van der Waals surface area contributed by atoms with Crippen LogP contribution in [0.4, 0.5) is 0 Å². The van der Waals surface area contributed by atoms with Crippen LogP contribution in [0.2, 0.25) is 0 Å². The van der Waals surface area contributed by atoms with Gasteiger partial charge in [0.25, 0.3) is 0 Å². The van der Waals surface area contributed by atoms with E-state index in [-0.39, 0.29) is 17.9 Å². The van der Waals surface area contributed by atoms with E-state index in [0.717, 1.165) is 23.5 Å². The van der Waals surface area contributed by atoms with Gasteiger partial charge in [-0.25, -0.2) is 0 Å². The Balaban J connectivity index is 1.97. The van der Waals surface area contributed by atoms with E-state index in [9.17, 15) is 4.79 Å². The van der Waals surface area contributed by atoms with Crippen LogP contribution in [0.25, 0.3) is 0 Å². The molecule has 1 aliphatic heterocycles. The number of nitrogens with two attached hydrogens (primary N) is 1. The highest BCUT2D eigenvalue weighted by atomic mass is 16.5. The van der Waals surface area contributed by atoms with E-state index < -0.39 is 0 Å². The summed E-state index contributed by atoms with van der Waals surface area (Å²) >= 11 is 0. The van der Waals surface area contributed by atoms with E-state index in [0.29, 0.717) is 19.8 Å². The largest absolute Gasteiger partial charge is 0.490 e. The van der Waals surface area contributed by atoms with Crippen molar-refractivity contribution in [1.82, 2.24) is 5.32 Å². The number of hydrogen-bond donors (Lipinski definition) is 2. The minimum Gasteiger partial charge on any atom is -0.490 e. The van der Waals surface area contributed by atoms with Gasteiger partial charge in [0.05, 0.1) is 13.2 Å². The molecule has 1 aromatic rings. The van der Waals surface area contributed by atoms with Gasteiger partial charge in [0, 0.05) is 24.9 Å². The molecule has 1 amide bonds. The molecule has 3 N–H and O–H groups in total. The van der Waals surface area contributed by atoms with Gasteiger partial charge in [-0.3, -0.25) is 4.79 Å². The number of benzene rings is 1. The monoisotopic (exact) mass is 278 g/mol. The lowest BCUT2D eigenvalue weighted by atomic mass is 10.0. The summed E-state index contributed by atoms with van der Waals surface area (Å²) in [6.07, 6.45) is 0.882. The van der Waals surface area contributed by atoms with Crippen molar-refractivity contribution in [2.24, 2.45) is 11.7 Å². The van der Waals surface area contributed by atoms with Gasteiger partial charge in [-0.05, 0) is 24.6 Å². The number of amides is 1. The third kappa shape index (κ3) is 3.63. The van der Waals surface area contributed by atoms with Crippen molar-refractivity contribution in [2.45, 2.75) is 32.9 Å². The van der Waals surface area contributed by atoms with Crippen LogP contribution in [0.3, 0.4) is 0 Å². The third-order valence-electron chi connectivity index (χ3n) is 3.48. The van der Waals surface area contributed by atoms with E-state index in [2.05, 4.69) is 5.32 Å². The predicted molar refractivity (Wildman–Crippen MR) is 76.7 cm³/mol. The lowest BCUT2D eigenvalue weighted by Crippen LogP contribution is -2.38. The third-order valence-corrected chi connectivity index (χ3v) is 3.48. The van der Waals surface area contributed by atoms with Crippen LogP contribution in [0.5, 0.6) is 11.5 Å². The number of fused-ring (bicyclic) bond motifs is 1. The molecule has 20 heavy (non-hydrogen) atoms. The molecule has 2 atom stereocenters. The number of ether oxygens (including phenoxy) is 2. The number of carbonyl (C=O) groups excluding carboxylic acids is 1. The van der Waals surface area contributed by atoms with E-state index in [1.54, 1.807) is 0 Å². The Labute approximate surface area is 119 Å². The zero-order chi connectivity index (χ0) is 14.5. The van der Waals surface area contributed by atoms with Gasteiger partial charge < -0.3 is 20.5 Å². The molecule has 0 spiro atoms. The molecule has 0 radical (unpaired) electrons. The quantitative estimate of drug-likeness (QED) is 0.874. The summed E-state index contributed by atoms with van der Waals surface area (Å²) in [5, 5.41) is 2.89. The van der Waals surface area contributed by atoms with Crippen molar-refractivity contribution < 1.29 is 14.3 Å². The van der Waals surface area contributed by atoms with Crippen LogP contribution >= 0.6 is 0 Å². The first-order valence-corrected chi connectivity index (χ1v) is 6.99. The van der Waals surface area contributed by atoms with E-state index in [1.807, 2.05) is 32.0 Å². The molecule has 2 rings (SSSR count). The molecule has 110 valence electrons. The maximum absolute atomic E-state index is 11.9. The van der Waals surface area contributed by atoms with Gasteiger partial charge in [0.15, 0.2) is 11.5 Å². The first-order chi connectivity index (χ1) is 9.58. The second kappa shape index (κ2) is 6.61. The Bertz CT molecular complexity index is 474. The molecule has 1 aromatic carbocycles. The van der Waals surface area contributed by atoms with Gasteiger partial charge in [-0.1, -0.05) is 13.0 Å². The maximum Gasteiger partial charge on any atom is 0.224 e. The molecule has 0 bridgehead atoms. The zero-order valence-corrected chi connectivity index (χ0v) is 12.0. The first kappa shape index (κ1) is 14.7. The summed E-state index contributed by atoms with van der Waals surface area (Å²) in [6, 6.07) is 5.58. The molecular formula is C15H22N2O3. The minimum absolute atomic E-state index is 0.0351. The molecule has 0 aliphatic carbocycles. The summed E-state index contributed by atoms with van der Waals surface area (Å²) in [6.45, 7) is 5.46. The summed E-state index contributed by atoms with van der Waals surface area (Å²) in [5.74, 6) is 1.28. The number of carbonyl (C=O) groups is 1. The molecule has 0 aromatic heterocycles. The summed E-state index contributed by atoms with van der Waals surface area (Å²) in [7, 11) is 0. The van der Waals surface area contributed by atoms with Gasteiger partial charge >= 0.3 is 0 Å². The number of nitrogens with one attached hydrogen (secondary N) is 1. The average molecular weight is 278 g/mol. The summed E-state index contributed by atoms with van der Waals surface area (Å²) in [4.78, 5) is 11.9. The van der Waals surface area contributed by atoms with Crippen LogP contribution in [0, 0.1) is 5.92 Å². The van der Waals surface area contributed by atoms with E-state index >= 15 is 0 Å². The van der Waals surface area contributed by atoms with Crippen molar-refractivity contribution >= 4 is 5.91 Å². The Morgan fingerprint density at radius 2 is 2.00 bits per heavy atom. The van der Waals surface area contributed by atoms with Crippen LogP contribution in [-0.2, 0) is 11.3 Å². The molecule has 5 nitrogen and oxygen atoms in total. The van der Waals surface area contributed by atoms with Crippen molar-refractivity contribution in [3.63, 3.8) is 0 Å². The number of rotatable bonds is 4. The Hall–Kier alpha value is -1.75. The zero-order valence-electron chi connectivity index (χ0n) is 12.0. The maximum atomic E-state index is 11.9. The molecule has 1 aliphatic rings. The van der Waals surface area contributed by atoms with Crippen LogP contribution in [0.15, 0.2) is 18.2 Å². The summed E-state index contributed by atoms with van der Waals surface area (Å²) < 4.78 is 11.2. The highest BCUT2D eigenvalue weighted by molar-refractivity contribution is 5.78. The Morgan fingerprint density at radius 1 is 1.30 bits per heavy atom. The second-order valence-corrected chi connectivity index (χ2v) is 5.20. The predicted octanol–water partition coefficient (Wildman–Crippen LogP) is 1.45. The Morgan fingerprint density at radius 3 is 2.70 bits per heavy atom. The van der Waals surface area contributed by atoms with Gasteiger partial charge in [0.2, 0.25) is 5.91 Å². The SMILES string of the molecule is CC(N)C(C)C(=O)NCc1ccc2c(c1)OCCCO2. The van der Waals surface area contributed by atoms with Crippen molar-refractivity contribution in [1.29, 1.82) is 0 Å². The second-order valence-electron chi connectivity index (χ2n) is 5.20. The fraction of sp³-hybridized carbons (Fsp3) is 0.533. The van der Waals surface area contributed by atoms with Crippen molar-refractivity contribution in [2.75, 3.05) is 13.2 Å². The first-order valence-electron chi connectivity index (χ1n) is 6.99. The fourth-order valence-electron chi connectivity index (χ4n) is 1.91. The van der Waals surface area contributed by atoms with Crippen molar-refractivity contribution in [3.05, 3.63) is 23.8 Å². The molecule has 2 unspecified atom stereocenters. The normalized spacial score (nSPS) is 16.9. The van der Waals surface area contributed by atoms with Gasteiger partial charge in [-0.15, -0.1) is 0 Å². The molecule has 1 heterocycles. The summed E-state index contributed by atoms with van der Waals surface area (Å²) in [5.41, 5.74) is 6.70. The highest BCUT2D eigenvalue weighted by Gasteiger charge is 2.17. The standard InChI is InChI=1S/C15H22N2O3/c1-10(11(2)16)15(18)17-9-12-4-5-13-14(8-12)20-7-3-6-19-13/h4-5,8,10-11H,3,6-7,9,16H2,1-2H3,(H,17,18). The van der Waals surface area contributed by atoms with Crippen molar-refractivity contribution in [3.8, 4) is 11.5 Å². The lowest BCUT2D eigenvalue weighted by Gasteiger charge is -2.16. The smallest absolute Gasteiger partial charge is 0.224 e. The molecule has 0 saturated heterocycles. The average Bonchev–Trinajstić information content (AvgIpc) is 2.68. The van der Waals surface area contributed by atoms with Crippen LogP contribution in [-0.4, -0.2) is 25.2 Å². The highest BCUT2D eigenvalue weighted by Crippen LogP contribution is 2.30. The molecule has 0 saturated carbocycles. The lowest BCUT2D eigenvalue weighted by molar-refractivity contribution is -0.125. The van der Waals surface area contributed by atoms with Crippen LogP contribution in [0.1, 0.15) is 25.8 Å².